The fraction of sp³-hybridized carbons (Fsp3) is 0.429. The number of halogens is 3. The molecule has 10 nitrogen and oxygen atoms in total. The van der Waals surface area contributed by atoms with Crippen LogP contribution in [0.25, 0.3) is 0 Å². The van der Waals surface area contributed by atoms with Gasteiger partial charge in [-0.1, -0.05) is 5.21 Å². The van der Waals surface area contributed by atoms with Crippen LogP contribution in [0.2, 0.25) is 0 Å². The lowest BCUT2D eigenvalue weighted by Gasteiger charge is -2.22. The van der Waals surface area contributed by atoms with E-state index < -0.39 is 18.1 Å². The Bertz CT molecular complexity index is 839. The molecule has 1 unspecified atom stereocenters. The third kappa shape index (κ3) is 5.36. The second kappa shape index (κ2) is 7.97. The topological polar surface area (TPSA) is 143 Å². The van der Waals surface area contributed by atoms with E-state index in [0.29, 0.717) is 5.82 Å². The fourth-order valence-electron chi connectivity index (χ4n) is 2.42. The summed E-state index contributed by atoms with van der Waals surface area (Å²) in [5, 5.41) is 27.4. The van der Waals surface area contributed by atoms with E-state index in [1.54, 1.807) is 4.68 Å². The molecular formula is C14H15F3N6O4. The van der Waals surface area contributed by atoms with E-state index >= 15 is 0 Å². The minimum Gasteiger partial charge on any atom is -0.477 e. The van der Waals surface area contributed by atoms with Gasteiger partial charge in [0.2, 0.25) is 0 Å². The van der Waals surface area contributed by atoms with Gasteiger partial charge < -0.3 is 15.5 Å². The number of aryl methyl sites for hydroxylation is 1. The monoisotopic (exact) mass is 388 g/mol. The Morgan fingerprint density at radius 1 is 1.30 bits per heavy atom. The van der Waals surface area contributed by atoms with Crippen LogP contribution >= 0.6 is 0 Å². The Labute approximate surface area is 150 Å². The number of carboxylic acids is 2. The highest BCUT2D eigenvalue weighted by Crippen LogP contribution is 2.21. The Morgan fingerprint density at radius 3 is 2.56 bits per heavy atom. The molecule has 0 saturated heterocycles. The summed E-state index contributed by atoms with van der Waals surface area (Å²) in [5.41, 5.74) is 2.14. The van der Waals surface area contributed by atoms with Crippen LogP contribution in [0.15, 0.2) is 12.4 Å². The van der Waals surface area contributed by atoms with Gasteiger partial charge in [-0.25, -0.2) is 19.6 Å². The Balaban J connectivity index is 0.000000321. The number of nitrogens with one attached hydrogen (secondary N) is 1. The van der Waals surface area contributed by atoms with Crippen LogP contribution in [-0.4, -0.2) is 59.3 Å². The number of hydrogen-bond donors (Lipinski definition) is 3. The molecule has 27 heavy (non-hydrogen) atoms. The molecule has 3 N–H and O–H groups in total. The van der Waals surface area contributed by atoms with Gasteiger partial charge in [0.25, 0.3) is 0 Å². The summed E-state index contributed by atoms with van der Waals surface area (Å²) in [6, 6.07) is 1.62. The smallest absolute Gasteiger partial charge is 0.477 e. The lowest BCUT2D eigenvalue weighted by atomic mass is 9.96. The normalized spacial score (nSPS) is 15.9. The molecule has 0 saturated carbocycles. The van der Waals surface area contributed by atoms with Gasteiger partial charge in [-0.3, -0.25) is 4.68 Å². The van der Waals surface area contributed by atoms with Crippen molar-refractivity contribution >= 4 is 17.8 Å². The van der Waals surface area contributed by atoms with Crippen LogP contribution in [0.5, 0.6) is 0 Å². The molecule has 1 aliphatic rings. The van der Waals surface area contributed by atoms with Crippen molar-refractivity contribution in [3.05, 3.63) is 29.5 Å². The molecular weight excluding hydrogens is 373 g/mol. The lowest BCUT2D eigenvalue weighted by molar-refractivity contribution is -0.192. The summed E-state index contributed by atoms with van der Waals surface area (Å²) in [4.78, 5) is 27.5. The Morgan fingerprint density at radius 2 is 1.96 bits per heavy atom. The van der Waals surface area contributed by atoms with Crippen molar-refractivity contribution in [3.63, 3.8) is 0 Å². The number of aliphatic carboxylic acids is 1. The van der Waals surface area contributed by atoms with E-state index in [4.69, 9.17) is 15.0 Å². The number of nitrogens with zero attached hydrogens (tertiary/aromatic N) is 5. The highest BCUT2D eigenvalue weighted by molar-refractivity contribution is 5.86. The van der Waals surface area contributed by atoms with Crippen molar-refractivity contribution in [2.75, 3.05) is 5.32 Å². The van der Waals surface area contributed by atoms with E-state index in [9.17, 15) is 18.0 Å². The Hall–Kier alpha value is -3.25. The molecule has 0 aliphatic heterocycles. The number of rotatable bonds is 3. The van der Waals surface area contributed by atoms with Crippen molar-refractivity contribution in [2.24, 2.45) is 7.05 Å². The van der Waals surface area contributed by atoms with Crippen molar-refractivity contribution in [3.8, 4) is 0 Å². The van der Waals surface area contributed by atoms with Gasteiger partial charge in [-0.15, -0.1) is 5.10 Å². The minimum atomic E-state index is -5.08. The van der Waals surface area contributed by atoms with E-state index in [0.717, 1.165) is 30.7 Å². The predicted octanol–water partition coefficient (Wildman–Crippen LogP) is 0.906. The third-order valence-electron chi connectivity index (χ3n) is 3.67. The van der Waals surface area contributed by atoms with Crippen molar-refractivity contribution < 1.29 is 33.0 Å². The number of alkyl halides is 3. The van der Waals surface area contributed by atoms with Crippen LogP contribution in [-0.2, 0) is 24.7 Å². The number of hydrogen-bond acceptors (Lipinski definition) is 7. The molecule has 0 aromatic carbocycles. The molecule has 2 heterocycles. The molecule has 146 valence electrons. The van der Waals surface area contributed by atoms with Gasteiger partial charge >= 0.3 is 18.1 Å². The summed E-state index contributed by atoms with van der Waals surface area (Å²) in [6.07, 6.45) is -1.24. The van der Waals surface area contributed by atoms with Gasteiger partial charge in [0.15, 0.2) is 5.69 Å². The highest BCUT2D eigenvalue weighted by atomic mass is 19.4. The largest absolute Gasteiger partial charge is 0.490 e. The molecule has 2 aromatic rings. The quantitative estimate of drug-likeness (QED) is 0.699. The van der Waals surface area contributed by atoms with Gasteiger partial charge in [0.05, 0.1) is 11.4 Å². The number of aromatic carboxylic acids is 1. The maximum absolute atomic E-state index is 10.9. The first-order valence-electron chi connectivity index (χ1n) is 7.57. The highest BCUT2D eigenvalue weighted by Gasteiger charge is 2.38. The summed E-state index contributed by atoms with van der Waals surface area (Å²) in [7, 11) is 1.89. The molecule has 0 fully saturated rings. The molecule has 0 radical (unpaired) electrons. The first kappa shape index (κ1) is 20.1. The number of fused-ring (bicyclic) bond motifs is 1. The van der Waals surface area contributed by atoms with E-state index in [-0.39, 0.29) is 11.7 Å². The minimum absolute atomic E-state index is 0.0153. The first-order chi connectivity index (χ1) is 12.6. The molecule has 1 aliphatic carbocycles. The zero-order valence-corrected chi connectivity index (χ0v) is 13.9. The summed E-state index contributed by atoms with van der Waals surface area (Å²) >= 11 is 0. The van der Waals surface area contributed by atoms with Crippen LogP contribution in [0.1, 0.15) is 28.3 Å². The average molecular weight is 388 g/mol. The predicted molar refractivity (Wildman–Crippen MR) is 83.1 cm³/mol. The lowest BCUT2D eigenvalue weighted by Crippen LogP contribution is -2.28. The van der Waals surface area contributed by atoms with Gasteiger partial charge in [0.1, 0.15) is 12.1 Å². The maximum atomic E-state index is 10.9. The molecule has 0 spiro atoms. The number of aromatic nitrogens is 5. The fourth-order valence-corrected chi connectivity index (χ4v) is 2.42. The molecule has 3 rings (SSSR count). The van der Waals surface area contributed by atoms with Crippen LogP contribution in [0, 0.1) is 0 Å². The van der Waals surface area contributed by atoms with Gasteiger partial charge in [0, 0.05) is 25.6 Å². The van der Waals surface area contributed by atoms with E-state index in [2.05, 4.69) is 25.6 Å². The first-order valence-corrected chi connectivity index (χ1v) is 7.57. The van der Waals surface area contributed by atoms with Crippen molar-refractivity contribution in [2.45, 2.75) is 31.5 Å². The zero-order chi connectivity index (χ0) is 20.2. The van der Waals surface area contributed by atoms with E-state index in [1.165, 1.54) is 12.4 Å². The average Bonchev–Trinajstić information content (AvgIpc) is 2.95. The molecule has 0 bridgehead atoms. The Kier molecular flexibility index (Phi) is 5.92. The van der Waals surface area contributed by atoms with Crippen molar-refractivity contribution in [1.82, 2.24) is 25.0 Å². The standard InChI is InChI=1S/C12H14N6O2.C2HF3O2/c1-18-10-3-2-7(4-8(10)16-17-18)15-11-5-9(12(19)20)13-6-14-11;3-2(4,5)1(6)7/h5-7H,2-4H2,1H3,(H,19,20)(H,13,14,15);(H,6,7). The summed E-state index contributed by atoms with van der Waals surface area (Å²) in [6.45, 7) is 0. The van der Waals surface area contributed by atoms with Gasteiger partial charge in [-0.05, 0) is 12.8 Å². The zero-order valence-electron chi connectivity index (χ0n) is 13.9. The van der Waals surface area contributed by atoms with Crippen LogP contribution < -0.4 is 5.32 Å². The molecule has 0 amide bonds. The second-order valence-corrected chi connectivity index (χ2v) is 5.59. The molecule has 2 aromatic heterocycles. The van der Waals surface area contributed by atoms with Crippen LogP contribution in [0.4, 0.5) is 19.0 Å². The van der Waals surface area contributed by atoms with E-state index in [1.807, 2.05) is 7.05 Å². The molecule has 1 atom stereocenters. The third-order valence-corrected chi connectivity index (χ3v) is 3.67. The number of carbonyl (C=O) groups is 2. The summed E-state index contributed by atoms with van der Waals surface area (Å²) in [5.74, 6) is -3.29. The maximum Gasteiger partial charge on any atom is 0.490 e. The van der Waals surface area contributed by atoms with Crippen molar-refractivity contribution in [1.29, 1.82) is 0 Å². The summed E-state index contributed by atoms with van der Waals surface area (Å²) < 4.78 is 33.5. The van der Waals surface area contributed by atoms with Crippen LogP contribution in [0.3, 0.4) is 0 Å². The molecule has 13 heteroatoms. The number of carboxylic acid groups (broad SMARTS) is 2. The second-order valence-electron chi connectivity index (χ2n) is 5.59. The van der Waals surface area contributed by atoms with Gasteiger partial charge in [-0.2, -0.15) is 13.2 Å². The SMILES string of the molecule is Cn1nnc2c1CCC(Nc1cc(C(=O)O)ncn1)C2.O=C(O)C(F)(F)F. The number of anilines is 1.